The van der Waals surface area contributed by atoms with Crippen molar-refractivity contribution in [1.82, 2.24) is 5.32 Å². The lowest BCUT2D eigenvalue weighted by atomic mass is 10.1. The molecule has 1 aliphatic rings. The Hall–Kier alpha value is -3.74. The molecule has 5 rings (SSSR count). The number of amidine groups is 1. The first-order valence-corrected chi connectivity index (χ1v) is 12.7. The lowest BCUT2D eigenvalue weighted by Crippen LogP contribution is -2.19. The van der Waals surface area contributed by atoms with Gasteiger partial charge in [0.05, 0.1) is 17.2 Å². The highest BCUT2D eigenvalue weighted by Crippen LogP contribution is 2.34. The first-order chi connectivity index (χ1) is 17.6. The predicted molar refractivity (Wildman–Crippen MR) is 148 cm³/mol. The van der Waals surface area contributed by atoms with Gasteiger partial charge >= 0.3 is 0 Å². The molecule has 1 amide bonds. The number of hydrogen-bond donors (Lipinski definition) is 1. The number of fused-ring (bicyclic) bond motifs is 1. The molecule has 36 heavy (non-hydrogen) atoms. The summed E-state index contributed by atoms with van der Waals surface area (Å²) in [4.78, 5) is 17.9. The molecule has 5 nitrogen and oxygen atoms in total. The van der Waals surface area contributed by atoms with Gasteiger partial charge < -0.3 is 14.8 Å². The van der Waals surface area contributed by atoms with E-state index in [4.69, 9.17) is 26.1 Å². The molecular weight excluding hydrogens is 492 g/mol. The molecule has 0 unspecified atom stereocenters. The summed E-state index contributed by atoms with van der Waals surface area (Å²) < 4.78 is 11.8. The van der Waals surface area contributed by atoms with Crippen LogP contribution in [0.2, 0.25) is 5.02 Å². The summed E-state index contributed by atoms with van der Waals surface area (Å²) in [7, 11) is 0. The van der Waals surface area contributed by atoms with Gasteiger partial charge in [0.15, 0.2) is 16.7 Å². The quantitative estimate of drug-likeness (QED) is 0.262. The van der Waals surface area contributed by atoms with Gasteiger partial charge in [-0.05, 0) is 60.0 Å². The van der Waals surface area contributed by atoms with Crippen LogP contribution in [0.3, 0.4) is 0 Å². The highest BCUT2D eigenvalue weighted by molar-refractivity contribution is 8.18. The van der Waals surface area contributed by atoms with Crippen LogP contribution in [0.15, 0.2) is 94.8 Å². The van der Waals surface area contributed by atoms with E-state index < -0.39 is 0 Å². The van der Waals surface area contributed by atoms with E-state index in [1.807, 2.05) is 97.9 Å². The Labute approximate surface area is 218 Å². The zero-order valence-electron chi connectivity index (χ0n) is 19.5. The second-order valence-electron chi connectivity index (χ2n) is 8.00. The van der Waals surface area contributed by atoms with E-state index >= 15 is 0 Å². The number of amides is 1. The molecule has 7 heteroatoms. The minimum absolute atomic E-state index is 0.184. The first kappa shape index (κ1) is 24.0. The molecule has 1 N–H and O–H groups in total. The maximum atomic E-state index is 12.7. The van der Waals surface area contributed by atoms with Crippen molar-refractivity contribution in [2.24, 2.45) is 4.99 Å². The van der Waals surface area contributed by atoms with E-state index in [0.717, 1.165) is 27.6 Å². The second kappa shape index (κ2) is 10.9. The summed E-state index contributed by atoms with van der Waals surface area (Å²) in [6.45, 7) is 2.73. The average molecular weight is 515 g/mol. The third kappa shape index (κ3) is 5.40. The molecule has 1 saturated heterocycles. The van der Waals surface area contributed by atoms with Crippen LogP contribution in [-0.4, -0.2) is 17.7 Å². The van der Waals surface area contributed by atoms with Crippen LogP contribution in [0, 0.1) is 0 Å². The summed E-state index contributed by atoms with van der Waals surface area (Å²) >= 11 is 7.56. The summed E-state index contributed by atoms with van der Waals surface area (Å²) in [6, 6.07) is 27.2. The van der Waals surface area contributed by atoms with Gasteiger partial charge in [-0.2, -0.15) is 0 Å². The zero-order chi connectivity index (χ0) is 24.9. The Balaban J connectivity index is 1.36. The van der Waals surface area contributed by atoms with E-state index in [2.05, 4.69) is 5.32 Å². The summed E-state index contributed by atoms with van der Waals surface area (Å²) in [6.07, 6.45) is 1.83. The lowest BCUT2D eigenvalue weighted by molar-refractivity contribution is -0.115. The normalized spacial score (nSPS) is 15.4. The minimum Gasteiger partial charge on any atom is -0.490 e. The van der Waals surface area contributed by atoms with E-state index in [-0.39, 0.29) is 5.91 Å². The molecule has 0 aliphatic carbocycles. The van der Waals surface area contributed by atoms with Crippen molar-refractivity contribution in [3.8, 4) is 11.5 Å². The van der Waals surface area contributed by atoms with Gasteiger partial charge in [0.1, 0.15) is 6.61 Å². The van der Waals surface area contributed by atoms with E-state index in [9.17, 15) is 4.79 Å². The maximum absolute atomic E-state index is 12.7. The fourth-order valence-electron chi connectivity index (χ4n) is 3.82. The number of carbonyl (C=O) groups excluding carboxylic acids is 1. The second-order valence-corrected chi connectivity index (χ2v) is 9.44. The monoisotopic (exact) mass is 514 g/mol. The Morgan fingerprint density at radius 1 is 0.944 bits per heavy atom. The van der Waals surface area contributed by atoms with Crippen LogP contribution in [0.5, 0.6) is 11.5 Å². The van der Waals surface area contributed by atoms with Crippen LogP contribution in [0.25, 0.3) is 16.8 Å². The van der Waals surface area contributed by atoms with Gasteiger partial charge in [-0.15, -0.1) is 0 Å². The molecule has 4 aromatic carbocycles. The molecular formula is C29H23ClN2O3S. The summed E-state index contributed by atoms with van der Waals surface area (Å²) in [5, 5.41) is 6.21. The number of rotatable bonds is 7. The SMILES string of the molecule is CCOc1cc(C=C2SC(=Nc3cccc4ccccc34)NC2=O)ccc1OCc1ccccc1Cl. The topological polar surface area (TPSA) is 59.9 Å². The summed E-state index contributed by atoms with van der Waals surface area (Å²) in [5.41, 5.74) is 2.54. The van der Waals surface area contributed by atoms with Crippen molar-refractivity contribution < 1.29 is 14.3 Å². The summed E-state index contributed by atoms with van der Waals surface area (Å²) in [5.74, 6) is 1.03. The molecule has 0 radical (unpaired) electrons. The van der Waals surface area contributed by atoms with Crippen molar-refractivity contribution >= 4 is 57.0 Å². The number of ether oxygens (including phenoxy) is 2. The number of benzene rings is 4. The number of aliphatic imine (C=N–C) groups is 1. The number of nitrogens with zero attached hydrogens (tertiary/aromatic N) is 1. The Morgan fingerprint density at radius 2 is 1.75 bits per heavy atom. The van der Waals surface area contributed by atoms with E-state index in [0.29, 0.717) is 39.8 Å². The third-order valence-corrected chi connectivity index (χ3v) is 6.82. The van der Waals surface area contributed by atoms with Crippen LogP contribution in [0.1, 0.15) is 18.1 Å². The minimum atomic E-state index is -0.184. The fraction of sp³-hybridized carbons (Fsp3) is 0.103. The molecule has 0 atom stereocenters. The highest BCUT2D eigenvalue weighted by atomic mass is 35.5. The lowest BCUT2D eigenvalue weighted by Gasteiger charge is -2.13. The number of nitrogens with one attached hydrogen (secondary N) is 1. The fourth-order valence-corrected chi connectivity index (χ4v) is 4.85. The first-order valence-electron chi connectivity index (χ1n) is 11.5. The molecule has 0 bridgehead atoms. The van der Waals surface area contributed by atoms with Crippen molar-refractivity contribution in [2.75, 3.05) is 6.61 Å². The largest absolute Gasteiger partial charge is 0.490 e. The molecule has 0 spiro atoms. The molecule has 0 saturated carbocycles. The van der Waals surface area contributed by atoms with Crippen LogP contribution >= 0.6 is 23.4 Å². The Kier molecular flexibility index (Phi) is 7.26. The molecule has 1 fully saturated rings. The van der Waals surface area contributed by atoms with Gasteiger partial charge in [0, 0.05) is 16.0 Å². The molecule has 180 valence electrons. The van der Waals surface area contributed by atoms with Crippen molar-refractivity contribution in [3.63, 3.8) is 0 Å². The zero-order valence-corrected chi connectivity index (χ0v) is 21.1. The number of thioether (sulfide) groups is 1. The van der Waals surface area contributed by atoms with E-state index in [1.54, 1.807) is 0 Å². The van der Waals surface area contributed by atoms with Crippen molar-refractivity contribution in [3.05, 3.63) is 106 Å². The molecule has 1 aliphatic heterocycles. The van der Waals surface area contributed by atoms with Gasteiger partial charge in [-0.25, -0.2) is 4.99 Å². The number of carbonyl (C=O) groups is 1. The smallest absolute Gasteiger partial charge is 0.264 e. The van der Waals surface area contributed by atoms with E-state index in [1.165, 1.54) is 11.8 Å². The maximum Gasteiger partial charge on any atom is 0.264 e. The van der Waals surface area contributed by atoms with Gasteiger partial charge in [0.2, 0.25) is 0 Å². The Bertz CT molecular complexity index is 1490. The standard InChI is InChI=1S/C29H23ClN2O3S/c1-2-34-26-16-19(14-15-25(26)35-18-21-9-4-6-12-23(21)30)17-27-28(33)32-29(36-27)31-24-13-7-10-20-8-3-5-11-22(20)24/h3-17H,2,18H2,1H3,(H,31,32,33). The van der Waals surface area contributed by atoms with Crippen LogP contribution in [0.4, 0.5) is 5.69 Å². The van der Waals surface area contributed by atoms with Crippen LogP contribution in [-0.2, 0) is 11.4 Å². The number of halogens is 1. The highest BCUT2D eigenvalue weighted by Gasteiger charge is 2.24. The molecule has 0 aromatic heterocycles. The van der Waals surface area contributed by atoms with Gasteiger partial charge in [-0.3, -0.25) is 4.79 Å². The molecule has 4 aromatic rings. The van der Waals surface area contributed by atoms with Crippen molar-refractivity contribution in [2.45, 2.75) is 13.5 Å². The third-order valence-electron chi connectivity index (χ3n) is 5.55. The van der Waals surface area contributed by atoms with Crippen LogP contribution < -0.4 is 14.8 Å². The predicted octanol–water partition coefficient (Wildman–Crippen LogP) is 7.36. The van der Waals surface area contributed by atoms with Crippen molar-refractivity contribution in [1.29, 1.82) is 0 Å². The average Bonchev–Trinajstić information content (AvgIpc) is 3.23. The number of hydrogen-bond acceptors (Lipinski definition) is 5. The Morgan fingerprint density at radius 3 is 2.61 bits per heavy atom. The molecule has 1 heterocycles. The van der Waals surface area contributed by atoms with Gasteiger partial charge in [-0.1, -0.05) is 72.3 Å². The van der Waals surface area contributed by atoms with Gasteiger partial charge in [0.25, 0.3) is 5.91 Å².